The van der Waals surface area contributed by atoms with Crippen LogP contribution in [0.1, 0.15) is 22.8 Å². The van der Waals surface area contributed by atoms with Gasteiger partial charge in [0, 0.05) is 24.4 Å². The zero-order valence-electron chi connectivity index (χ0n) is 14.7. The molecular formula is C18H18N2O5S2. The summed E-state index contributed by atoms with van der Waals surface area (Å²) < 4.78 is 0. The molecule has 0 saturated carbocycles. The Kier molecular flexibility index (Phi) is 5.61. The van der Waals surface area contributed by atoms with Crippen molar-refractivity contribution in [2.24, 2.45) is 0 Å². The zero-order chi connectivity index (χ0) is 19.7. The van der Waals surface area contributed by atoms with Gasteiger partial charge >= 0.3 is 5.97 Å². The van der Waals surface area contributed by atoms with Gasteiger partial charge in [-0.15, -0.1) is 11.8 Å². The first-order valence-electron chi connectivity index (χ1n) is 8.20. The Labute approximate surface area is 164 Å². The van der Waals surface area contributed by atoms with Crippen molar-refractivity contribution in [3.8, 4) is 0 Å². The number of carboxylic acids is 1. The number of hydrogen-bond acceptors (Lipinski definition) is 6. The number of rotatable bonds is 5. The molecule has 1 fully saturated rings. The maximum Gasteiger partial charge on any atom is 0.321 e. The number of carboxylic acid groups (broad SMARTS) is 1. The summed E-state index contributed by atoms with van der Waals surface area (Å²) in [7, 11) is 0. The number of amides is 2. The molecule has 3 rings (SSSR count). The van der Waals surface area contributed by atoms with E-state index >= 15 is 0 Å². The summed E-state index contributed by atoms with van der Waals surface area (Å²) in [5, 5.41) is 10.6. The minimum atomic E-state index is -1.03. The number of carbonyl (C=O) groups excluding carboxylic acids is 3. The summed E-state index contributed by atoms with van der Waals surface area (Å²) in [4.78, 5) is 48.8. The molecule has 142 valence electrons. The van der Waals surface area contributed by atoms with Crippen molar-refractivity contribution in [1.82, 2.24) is 10.2 Å². The lowest BCUT2D eigenvalue weighted by molar-refractivity contribution is -0.145. The third-order valence-corrected chi connectivity index (χ3v) is 6.77. The summed E-state index contributed by atoms with van der Waals surface area (Å²) in [5.41, 5.74) is 2.08. The van der Waals surface area contributed by atoms with Crippen molar-refractivity contribution in [2.75, 3.05) is 5.75 Å². The summed E-state index contributed by atoms with van der Waals surface area (Å²) in [6, 6.07) is 6.44. The normalized spacial score (nSPS) is 23.8. The van der Waals surface area contributed by atoms with E-state index in [4.69, 9.17) is 0 Å². The summed E-state index contributed by atoms with van der Waals surface area (Å²) >= 11 is 2.11. The van der Waals surface area contributed by atoms with Crippen LogP contribution in [-0.2, 0) is 14.4 Å². The van der Waals surface area contributed by atoms with Crippen LogP contribution in [0.15, 0.2) is 36.0 Å². The molecule has 2 heterocycles. The number of aliphatic carboxylic acids is 1. The summed E-state index contributed by atoms with van der Waals surface area (Å²) in [5.74, 6) is -1.47. The number of β-lactam (4-membered cyclic amide) rings is 1. The maximum atomic E-state index is 12.3. The van der Waals surface area contributed by atoms with Gasteiger partial charge in [-0.2, -0.15) is 0 Å². The quantitative estimate of drug-likeness (QED) is 0.716. The Balaban J connectivity index is 1.71. The fraction of sp³-hybridized carbons (Fsp3) is 0.333. The molecule has 2 aliphatic heterocycles. The van der Waals surface area contributed by atoms with Gasteiger partial charge in [-0.25, -0.2) is 0 Å². The Morgan fingerprint density at radius 1 is 1.26 bits per heavy atom. The van der Waals surface area contributed by atoms with Crippen molar-refractivity contribution < 1.29 is 24.3 Å². The van der Waals surface area contributed by atoms with Gasteiger partial charge < -0.3 is 15.3 Å². The van der Waals surface area contributed by atoms with Crippen molar-refractivity contribution >= 4 is 46.4 Å². The second-order valence-corrected chi connectivity index (χ2v) is 8.49. The SMILES string of the molecule is CC(=O)NC1C(=O)N2C=C(CSC(=O)c3ccc(C)cc3)C(C(=O)O)S[C@H]12. The van der Waals surface area contributed by atoms with Gasteiger partial charge in [-0.05, 0) is 12.5 Å². The van der Waals surface area contributed by atoms with E-state index in [1.54, 1.807) is 12.1 Å². The first-order chi connectivity index (χ1) is 12.8. The number of fused-ring (bicyclic) bond motifs is 1. The second kappa shape index (κ2) is 7.77. The molecule has 0 aliphatic carbocycles. The van der Waals surface area contributed by atoms with Crippen molar-refractivity contribution in [3.05, 3.63) is 47.2 Å². The molecule has 1 aromatic rings. The summed E-state index contributed by atoms with van der Waals surface area (Å²) in [6.07, 6.45) is 1.51. The van der Waals surface area contributed by atoms with Crippen LogP contribution in [0.4, 0.5) is 0 Å². The van der Waals surface area contributed by atoms with Crippen LogP contribution in [0.2, 0.25) is 0 Å². The smallest absolute Gasteiger partial charge is 0.321 e. The number of benzene rings is 1. The molecule has 3 atom stereocenters. The first kappa shape index (κ1) is 19.5. The molecule has 0 radical (unpaired) electrons. The average molecular weight is 406 g/mol. The first-order valence-corrected chi connectivity index (χ1v) is 10.1. The van der Waals surface area contributed by atoms with E-state index in [2.05, 4.69) is 5.32 Å². The largest absolute Gasteiger partial charge is 0.480 e. The van der Waals surface area contributed by atoms with Crippen molar-refractivity contribution in [1.29, 1.82) is 0 Å². The van der Waals surface area contributed by atoms with Crippen LogP contribution in [0, 0.1) is 6.92 Å². The highest BCUT2D eigenvalue weighted by atomic mass is 32.2. The minimum absolute atomic E-state index is 0.154. The van der Waals surface area contributed by atoms with Gasteiger partial charge in [-0.3, -0.25) is 19.2 Å². The van der Waals surface area contributed by atoms with Gasteiger partial charge in [-0.1, -0.05) is 41.6 Å². The molecule has 2 amide bonds. The van der Waals surface area contributed by atoms with Crippen LogP contribution < -0.4 is 5.32 Å². The fourth-order valence-corrected chi connectivity index (χ4v) is 5.14. The van der Waals surface area contributed by atoms with E-state index in [1.165, 1.54) is 18.0 Å². The van der Waals surface area contributed by atoms with E-state index < -0.39 is 22.6 Å². The van der Waals surface area contributed by atoms with Crippen LogP contribution in [0.3, 0.4) is 0 Å². The van der Waals surface area contributed by atoms with E-state index in [1.807, 2.05) is 19.1 Å². The second-order valence-electron chi connectivity index (χ2n) is 6.31. The van der Waals surface area contributed by atoms with Gasteiger partial charge in [0.25, 0.3) is 5.91 Å². The lowest BCUT2D eigenvalue weighted by atomic mass is 10.1. The third kappa shape index (κ3) is 4.03. The number of nitrogens with zero attached hydrogens (tertiary/aromatic N) is 1. The standard InChI is InChI=1S/C18H18N2O5S2/c1-9-3-5-11(6-4-9)18(25)26-8-12-7-20-15(22)13(19-10(2)21)16(20)27-14(12)17(23)24/h3-7,13-14,16H,8H2,1-2H3,(H,19,21)(H,23,24)/t13?,14?,16-/m1/s1. The molecule has 9 heteroatoms. The number of nitrogens with one attached hydrogen (secondary N) is 1. The predicted octanol–water partition coefficient (Wildman–Crippen LogP) is 1.63. The highest BCUT2D eigenvalue weighted by Gasteiger charge is 2.52. The molecule has 27 heavy (non-hydrogen) atoms. The lowest BCUT2D eigenvalue weighted by Gasteiger charge is -2.48. The van der Waals surface area contributed by atoms with Crippen LogP contribution in [0.5, 0.6) is 0 Å². The molecule has 2 unspecified atom stereocenters. The van der Waals surface area contributed by atoms with Gasteiger partial charge in [0.1, 0.15) is 16.7 Å². The molecule has 1 aromatic carbocycles. The van der Waals surface area contributed by atoms with Crippen molar-refractivity contribution in [3.63, 3.8) is 0 Å². The zero-order valence-corrected chi connectivity index (χ0v) is 16.3. The Morgan fingerprint density at radius 3 is 2.52 bits per heavy atom. The Hall–Kier alpha value is -2.26. The molecule has 7 nitrogen and oxygen atoms in total. The van der Waals surface area contributed by atoms with Crippen LogP contribution in [-0.4, -0.2) is 55.3 Å². The molecule has 2 aliphatic rings. The topological polar surface area (TPSA) is 104 Å². The Morgan fingerprint density at radius 2 is 1.93 bits per heavy atom. The molecule has 0 bridgehead atoms. The lowest BCUT2D eigenvalue weighted by Crippen LogP contribution is -2.69. The number of carbonyl (C=O) groups is 4. The van der Waals surface area contributed by atoms with E-state index in [9.17, 15) is 24.3 Å². The molecular weight excluding hydrogens is 388 g/mol. The number of hydrogen-bond donors (Lipinski definition) is 2. The van der Waals surface area contributed by atoms with E-state index in [-0.39, 0.29) is 22.7 Å². The van der Waals surface area contributed by atoms with E-state index in [0.29, 0.717) is 11.1 Å². The molecule has 0 spiro atoms. The predicted molar refractivity (Wildman–Crippen MR) is 103 cm³/mol. The fourth-order valence-electron chi connectivity index (χ4n) is 2.84. The number of thioether (sulfide) groups is 2. The van der Waals surface area contributed by atoms with Crippen molar-refractivity contribution in [2.45, 2.75) is 30.5 Å². The van der Waals surface area contributed by atoms with Gasteiger partial charge in [0.2, 0.25) is 11.0 Å². The highest BCUT2D eigenvalue weighted by molar-refractivity contribution is 8.14. The van der Waals surface area contributed by atoms with Crippen LogP contribution in [0.25, 0.3) is 0 Å². The molecule has 1 saturated heterocycles. The molecule has 2 N–H and O–H groups in total. The molecule has 0 aromatic heterocycles. The number of aryl methyl sites for hydroxylation is 1. The average Bonchev–Trinajstić information content (AvgIpc) is 2.63. The summed E-state index contributed by atoms with van der Waals surface area (Å²) in [6.45, 7) is 3.24. The minimum Gasteiger partial charge on any atom is -0.480 e. The van der Waals surface area contributed by atoms with Gasteiger partial charge in [0.15, 0.2) is 0 Å². The highest BCUT2D eigenvalue weighted by Crippen LogP contribution is 2.41. The maximum absolute atomic E-state index is 12.3. The van der Waals surface area contributed by atoms with Crippen LogP contribution >= 0.6 is 23.5 Å². The van der Waals surface area contributed by atoms with E-state index in [0.717, 1.165) is 29.1 Å². The monoisotopic (exact) mass is 406 g/mol. The Bertz CT molecular complexity index is 837. The van der Waals surface area contributed by atoms with Gasteiger partial charge in [0.05, 0.1) is 0 Å². The third-order valence-electron chi connectivity index (χ3n) is 4.24.